The van der Waals surface area contributed by atoms with Crippen molar-refractivity contribution in [2.75, 3.05) is 13.2 Å². The highest BCUT2D eigenvalue weighted by molar-refractivity contribution is 5.70. The smallest absolute Gasteiger partial charge is 0.306 e. The van der Waals surface area contributed by atoms with Crippen molar-refractivity contribution >= 4 is 11.9 Å². The predicted octanol–water partition coefficient (Wildman–Crippen LogP) is 7.63. The lowest BCUT2D eigenvalue weighted by Gasteiger charge is -2.15. The first-order valence-electron chi connectivity index (χ1n) is 16.6. The minimum absolute atomic E-state index is 0.132. The van der Waals surface area contributed by atoms with Crippen LogP contribution in [0.25, 0.3) is 0 Å². The van der Waals surface area contributed by atoms with Crippen molar-refractivity contribution in [1.82, 2.24) is 0 Å². The lowest BCUT2D eigenvalue weighted by Crippen LogP contribution is -2.28. The maximum absolute atomic E-state index is 12.1. The van der Waals surface area contributed by atoms with E-state index in [1.165, 1.54) is 25.7 Å². The van der Waals surface area contributed by atoms with E-state index in [1.807, 2.05) is 42.5 Å². The zero-order chi connectivity index (χ0) is 32.7. The van der Waals surface area contributed by atoms with E-state index in [9.17, 15) is 24.9 Å². The number of aliphatic hydroxyl groups is 3. The van der Waals surface area contributed by atoms with Gasteiger partial charge in [0.25, 0.3) is 0 Å². The molecule has 0 unspecified atom stereocenters. The molecule has 0 rings (SSSR count). The molecule has 0 heterocycles. The molecule has 3 N–H and O–H groups in total. The molecule has 0 aliphatic rings. The van der Waals surface area contributed by atoms with Gasteiger partial charge in [0.05, 0.1) is 18.8 Å². The monoisotopic (exact) mass is 616 g/mol. The van der Waals surface area contributed by atoms with Gasteiger partial charge in [0, 0.05) is 12.8 Å². The minimum atomic E-state index is -0.849. The van der Waals surface area contributed by atoms with E-state index in [4.69, 9.17) is 9.47 Å². The Morgan fingerprint density at radius 3 is 1.91 bits per heavy atom. The fraction of sp³-hybridized carbons (Fsp3) is 0.622. The van der Waals surface area contributed by atoms with Gasteiger partial charge in [0.15, 0.2) is 6.10 Å². The average Bonchev–Trinajstić information content (AvgIpc) is 2.99. The van der Waals surface area contributed by atoms with Crippen LogP contribution in [-0.2, 0) is 19.1 Å². The molecular weight excluding hydrogens is 556 g/mol. The quantitative estimate of drug-likeness (QED) is 0.0376. The highest BCUT2D eigenvalue weighted by Gasteiger charge is 2.15. The highest BCUT2D eigenvalue weighted by atomic mass is 16.6. The van der Waals surface area contributed by atoms with Gasteiger partial charge in [-0.25, -0.2) is 0 Å². The summed E-state index contributed by atoms with van der Waals surface area (Å²) in [5.41, 5.74) is 0. The fourth-order valence-electron chi connectivity index (χ4n) is 4.05. The van der Waals surface area contributed by atoms with E-state index in [1.54, 1.807) is 30.4 Å². The van der Waals surface area contributed by atoms with Gasteiger partial charge in [0.1, 0.15) is 6.61 Å². The van der Waals surface area contributed by atoms with Crippen LogP contribution in [-0.4, -0.2) is 58.8 Å². The molecule has 0 amide bonds. The van der Waals surface area contributed by atoms with Gasteiger partial charge in [-0.05, 0) is 44.4 Å². The maximum atomic E-state index is 12.1. The fourth-order valence-corrected chi connectivity index (χ4v) is 4.05. The molecule has 0 saturated heterocycles. The molecular formula is C37H60O7. The normalized spacial score (nSPS) is 14.7. The number of unbranched alkanes of at least 4 members (excludes halogenated alkanes) is 5. The Morgan fingerprint density at radius 1 is 0.705 bits per heavy atom. The summed E-state index contributed by atoms with van der Waals surface area (Å²) in [5.74, 6) is -0.0175. The molecule has 0 aromatic rings. The maximum Gasteiger partial charge on any atom is 0.306 e. The molecule has 0 fully saturated rings. The van der Waals surface area contributed by atoms with Crippen molar-refractivity contribution in [3.05, 3.63) is 72.9 Å². The van der Waals surface area contributed by atoms with Gasteiger partial charge in [0.2, 0.25) is 0 Å². The van der Waals surface area contributed by atoms with Gasteiger partial charge < -0.3 is 24.8 Å². The van der Waals surface area contributed by atoms with E-state index in [2.05, 4.69) is 20.8 Å². The topological polar surface area (TPSA) is 113 Å². The van der Waals surface area contributed by atoms with E-state index in [0.29, 0.717) is 32.1 Å². The van der Waals surface area contributed by atoms with Crippen LogP contribution >= 0.6 is 0 Å². The van der Waals surface area contributed by atoms with Crippen LogP contribution in [0.15, 0.2) is 72.9 Å². The van der Waals surface area contributed by atoms with Crippen molar-refractivity contribution in [1.29, 1.82) is 0 Å². The summed E-state index contributed by atoms with van der Waals surface area (Å²) < 4.78 is 10.4. The molecule has 0 aliphatic heterocycles. The second kappa shape index (κ2) is 30.3. The van der Waals surface area contributed by atoms with Crippen LogP contribution in [0.1, 0.15) is 111 Å². The molecule has 44 heavy (non-hydrogen) atoms. The number of hydrogen-bond donors (Lipinski definition) is 3. The number of ether oxygens (including phenoxy) is 2. The summed E-state index contributed by atoms with van der Waals surface area (Å²) >= 11 is 0. The summed E-state index contributed by atoms with van der Waals surface area (Å²) in [6.45, 7) is 6.01. The number of allylic oxidation sites excluding steroid dienone is 8. The second-order valence-corrected chi connectivity index (χ2v) is 11.4. The number of carbonyl (C=O) groups excluding carboxylic acids is 2. The zero-order valence-electron chi connectivity index (χ0n) is 27.5. The Labute approximate surface area is 267 Å². The first-order chi connectivity index (χ1) is 21.3. The molecule has 0 aromatic heterocycles. The van der Waals surface area contributed by atoms with Crippen LogP contribution in [0.4, 0.5) is 0 Å². The van der Waals surface area contributed by atoms with Gasteiger partial charge >= 0.3 is 11.9 Å². The Balaban J connectivity index is 3.95. The molecule has 0 bridgehead atoms. The van der Waals surface area contributed by atoms with E-state index >= 15 is 0 Å². The lowest BCUT2D eigenvalue weighted by atomic mass is 10.0. The van der Waals surface area contributed by atoms with Crippen molar-refractivity contribution < 1.29 is 34.4 Å². The largest absolute Gasteiger partial charge is 0.462 e. The van der Waals surface area contributed by atoms with Crippen molar-refractivity contribution in [2.45, 2.75) is 129 Å². The SMILES string of the molecule is CC/C=C\C[C@H](O)/C=C/C=C\C=C\[C@H](O)C/C=C\C/C=C\CCC(=O)O[C@@H](CO)COC(=O)CCCCCCCCC(C)C. The number of hydrogen-bond acceptors (Lipinski definition) is 7. The van der Waals surface area contributed by atoms with Gasteiger partial charge in [-0.3, -0.25) is 9.59 Å². The van der Waals surface area contributed by atoms with Gasteiger partial charge in [-0.15, -0.1) is 0 Å². The van der Waals surface area contributed by atoms with E-state index in [0.717, 1.165) is 31.6 Å². The van der Waals surface area contributed by atoms with Crippen LogP contribution in [0, 0.1) is 5.92 Å². The van der Waals surface area contributed by atoms with Gasteiger partial charge in [-0.2, -0.15) is 0 Å². The molecule has 0 aliphatic carbocycles. The van der Waals surface area contributed by atoms with E-state index < -0.39 is 30.9 Å². The molecule has 7 heteroatoms. The molecule has 0 aromatic carbocycles. The standard InChI is InChI=1S/C37H60O7/c1-4-5-16-24-33(39)26-19-14-15-20-27-34(40)25-18-11-7-9-13-22-29-37(42)44-35(30-38)31-43-36(41)28-21-12-8-6-10-17-23-32(2)3/h5,9,11,13-16,18-20,26-27,32-35,38-40H,4,6-8,10,12,17,21-25,28-31H2,1-3H3/b13-9-,15-14-,16-5-,18-11-,26-19+,27-20+/t33-,34+,35-/m0/s1. The summed E-state index contributed by atoms with van der Waals surface area (Å²) in [6.07, 6.45) is 32.0. The first-order valence-corrected chi connectivity index (χ1v) is 16.6. The zero-order valence-corrected chi connectivity index (χ0v) is 27.5. The third kappa shape index (κ3) is 29.3. The molecule has 0 spiro atoms. The Kier molecular flexibility index (Phi) is 28.4. The van der Waals surface area contributed by atoms with Crippen molar-refractivity contribution in [3.8, 4) is 0 Å². The Bertz CT molecular complexity index is 882. The third-order valence-corrected chi connectivity index (χ3v) is 6.62. The van der Waals surface area contributed by atoms with Crippen molar-refractivity contribution in [3.63, 3.8) is 0 Å². The Hall–Kier alpha value is -2.74. The van der Waals surface area contributed by atoms with Crippen LogP contribution in [0.3, 0.4) is 0 Å². The number of carbonyl (C=O) groups is 2. The van der Waals surface area contributed by atoms with E-state index in [-0.39, 0.29) is 19.0 Å². The first kappa shape index (κ1) is 41.3. The number of esters is 2. The van der Waals surface area contributed by atoms with Crippen LogP contribution < -0.4 is 0 Å². The molecule has 3 atom stereocenters. The average molecular weight is 617 g/mol. The predicted molar refractivity (Wildman–Crippen MR) is 180 cm³/mol. The summed E-state index contributed by atoms with van der Waals surface area (Å²) in [5, 5.41) is 29.3. The third-order valence-electron chi connectivity index (χ3n) is 6.62. The van der Waals surface area contributed by atoms with Crippen LogP contribution in [0.2, 0.25) is 0 Å². The van der Waals surface area contributed by atoms with Crippen molar-refractivity contribution in [2.24, 2.45) is 5.92 Å². The van der Waals surface area contributed by atoms with Gasteiger partial charge in [-0.1, -0.05) is 132 Å². The van der Waals surface area contributed by atoms with Crippen LogP contribution in [0.5, 0.6) is 0 Å². The molecule has 0 radical (unpaired) electrons. The number of rotatable bonds is 27. The molecule has 7 nitrogen and oxygen atoms in total. The lowest BCUT2D eigenvalue weighted by molar-refractivity contribution is -0.161. The highest BCUT2D eigenvalue weighted by Crippen LogP contribution is 2.12. The molecule has 0 saturated carbocycles. The summed E-state index contributed by atoms with van der Waals surface area (Å²) in [7, 11) is 0. The Morgan fingerprint density at radius 2 is 1.30 bits per heavy atom. The minimum Gasteiger partial charge on any atom is -0.462 e. The summed E-state index contributed by atoms with van der Waals surface area (Å²) in [4.78, 5) is 24.0. The summed E-state index contributed by atoms with van der Waals surface area (Å²) in [6, 6.07) is 0. The second-order valence-electron chi connectivity index (χ2n) is 11.4. The molecule has 250 valence electrons. The number of aliphatic hydroxyl groups excluding tert-OH is 3.